The van der Waals surface area contributed by atoms with Gasteiger partial charge in [-0.15, -0.1) is 0 Å². The third kappa shape index (κ3) is 5.81. The molecule has 0 spiro atoms. The lowest BCUT2D eigenvalue weighted by Gasteiger charge is -2.34. The van der Waals surface area contributed by atoms with E-state index in [0.717, 1.165) is 5.75 Å². The number of nitrogen functional groups attached to an aromatic ring is 1. The highest BCUT2D eigenvalue weighted by molar-refractivity contribution is 5.41. The minimum Gasteiger partial charge on any atom is -0.492 e. The zero-order valence-corrected chi connectivity index (χ0v) is 11.8. The average molecular weight is 303 g/mol. The van der Waals surface area contributed by atoms with E-state index in [1.54, 1.807) is 24.3 Å². The predicted molar refractivity (Wildman–Crippen MR) is 75.3 cm³/mol. The number of hydrogen-bond acceptors (Lipinski definition) is 4. The standard InChI is InChI=1S/C14H20F3N3O/c15-14(16,17)11-20-7-5-19(6-8-20)9-10-21-13-3-1-12(18)2-4-13/h1-4H,5-11,18H2. The van der Waals surface area contributed by atoms with Crippen LogP contribution in [0.2, 0.25) is 0 Å². The third-order valence-electron chi connectivity index (χ3n) is 3.42. The van der Waals surface area contributed by atoms with Crippen LogP contribution in [0.5, 0.6) is 5.75 Å². The number of alkyl halides is 3. The molecule has 0 aromatic heterocycles. The van der Waals surface area contributed by atoms with Crippen molar-refractivity contribution in [2.45, 2.75) is 6.18 Å². The van der Waals surface area contributed by atoms with Crippen LogP contribution in [0, 0.1) is 0 Å². The van der Waals surface area contributed by atoms with Gasteiger partial charge in [0, 0.05) is 38.4 Å². The highest BCUT2D eigenvalue weighted by atomic mass is 19.4. The quantitative estimate of drug-likeness (QED) is 0.843. The molecule has 4 nitrogen and oxygen atoms in total. The fourth-order valence-corrected chi connectivity index (χ4v) is 2.28. The van der Waals surface area contributed by atoms with Crippen molar-refractivity contribution in [3.05, 3.63) is 24.3 Å². The molecule has 1 saturated heterocycles. The van der Waals surface area contributed by atoms with Gasteiger partial charge < -0.3 is 10.5 Å². The third-order valence-corrected chi connectivity index (χ3v) is 3.42. The van der Waals surface area contributed by atoms with E-state index in [0.29, 0.717) is 45.0 Å². The summed E-state index contributed by atoms with van der Waals surface area (Å²) < 4.78 is 42.4. The summed E-state index contributed by atoms with van der Waals surface area (Å²) in [5.74, 6) is 0.750. The van der Waals surface area contributed by atoms with Crippen molar-refractivity contribution >= 4 is 5.69 Å². The van der Waals surface area contributed by atoms with Crippen LogP contribution in [-0.2, 0) is 0 Å². The van der Waals surface area contributed by atoms with E-state index in [-0.39, 0.29) is 0 Å². The number of rotatable bonds is 5. The molecule has 0 unspecified atom stereocenters. The number of nitrogens with two attached hydrogens (primary N) is 1. The molecule has 0 atom stereocenters. The van der Waals surface area contributed by atoms with Crippen molar-refractivity contribution in [3.8, 4) is 5.75 Å². The molecule has 0 aliphatic carbocycles. The molecule has 1 aliphatic rings. The van der Waals surface area contributed by atoms with Crippen LogP contribution in [0.15, 0.2) is 24.3 Å². The first kappa shape index (κ1) is 15.9. The molecule has 21 heavy (non-hydrogen) atoms. The number of nitrogens with zero attached hydrogens (tertiary/aromatic N) is 2. The Balaban J connectivity index is 1.64. The molecule has 1 aromatic carbocycles. The van der Waals surface area contributed by atoms with Crippen LogP contribution >= 0.6 is 0 Å². The molecule has 0 bridgehead atoms. The number of benzene rings is 1. The Hall–Kier alpha value is -1.47. The Bertz CT molecular complexity index is 428. The molecular formula is C14H20F3N3O. The lowest BCUT2D eigenvalue weighted by molar-refractivity contribution is -0.149. The molecule has 2 rings (SSSR count). The Kier molecular flexibility index (Phi) is 5.30. The molecule has 1 fully saturated rings. The highest BCUT2D eigenvalue weighted by Gasteiger charge is 2.31. The molecule has 1 aromatic rings. The SMILES string of the molecule is Nc1ccc(OCCN2CCN(CC(F)(F)F)CC2)cc1. The van der Waals surface area contributed by atoms with Crippen LogP contribution in [0.25, 0.3) is 0 Å². The van der Waals surface area contributed by atoms with Gasteiger partial charge in [0.1, 0.15) is 12.4 Å². The maximum atomic E-state index is 12.3. The first-order chi connectivity index (χ1) is 9.92. The number of piperazine rings is 1. The van der Waals surface area contributed by atoms with E-state index in [1.807, 2.05) is 0 Å². The average Bonchev–Trinajstić information content (AvgIpc) is 2.41. The van der Waals surface area contributed by atoms with Gasteiger partial charge in [0.2, 0.25) is 0 Å². The molecule has 1 aliphatic heterocycles. The Morgan fingerprint density at radius 3 is 2.14 bits per heavy atom. The van der Waals surface area contributed by atoms with Crippen LogP contribution in [-0.4, -0.2) is 61.9 Å². The highest BCUT2D eigenvalue weighted by Crippen LogP contribution is 2.17. The maximum absolute atomic E-state index is 12.3. The lowest BCUT2D eigenvalue weighted by Crippen LogP contribution is -2.49. The Morgan fingerprint density at radius 2 is 1.57 bits per heavy atom. The first-order valence-electron chi connectivity index (χ1n) is 6.92. The summed E-state index contributed by atoms with van der Waals surface area (Å²) in [7, 11) is 0. The summed E-state index contributed by atoms with van der Waals surface area (Å²) in [6, 6.07) is 7.14. The van der Waals surface area contributed by atoms with Gasteiger partial charge >= 0.3 is 6.18 Å². The van der Waals surface area contributed by atoms with E-state index < -0.39 is 12.7 Å². The maximum Gasteiger partial charge on any atom is 0.401 e. The summed E-state index contributed by atoms with van der Waals surface area (Å²) in [6.45, 7) is 2.58. The van der Waals surface area contributed by atoms with Gasteiger partial charge in [-0.25, -0.2) is 0 Å². The molecule has 118 valence electrons. The van der Waals surface area contributed by atoms with E-state index in [4.69, 9.17) is 10.5 Å². The van der Waals surface area contributed by atoms with E-state index in [9.17, 15) is 13.2 Å². The second kappa shape index (κ2) is 7.00. The molecule has 0 amide bonds. The van der Waals surface area contributed by atoms with Crippen molar-refractivity contribution in [2.75, 3.05) is 51.6 Å². The summed E-state index contributed by atoms with van der Waals surface area (Å²) in [5, 5.41) is 0. The zero-order chi connectivity index (χ0) is 15.3. The Morgan fingerprint density at radius 1 is 1.00 bits per heavy atom. The molecule has 2 N–H and O–H groups in total. The fraction of sp³-hybridized carbons (Fsp3) is 0.571. The molecule has 0 radical (unpaired) electrons. The Labute approximate surface area is 122 Å². The van der Waals surface area contributed by atoms with Gasteiger partial charge in [-0.1, -0.05) is 0 Å². The summed E-state index contributed by atoms with van der Waals surface area (Å²) in [5.41, 5.74) is 6.26. The zero-order valence-electron chi connectivity index (χ0n) is 11.8. The molecule has 7 heteroatoms. The second-order valence-corrected chi connectivity index (χ2v) is 5.15. The summed E-state index contributed by atoms with van der Waals surface area (Å²) in [4.78, 5) is 3.56. The fourth-order valence-electron chi connectivity index (χ4n) is 2.28. The minimum absolute atomic E-state index is 0.446. The van der Waals surface area contributed by atoms with E-state index >= 15 is 0 Å². The topological polar surface area (TPSA) is 41.7 Å². The number of ether oxygens (including phenoxy) is 1. The van der Waals surface area contributed by atoms with E-state index in [1.165, 1.54) is 4.90 Å². The molecule has 1 heterocycles. The lowest BCUT2D eigenvalue weighted by atomic mass is 10.3. The van der Waals surface area contributed by atoms with Crippen molar-refractivity contribution in [2.24, 2.45) is 0 Å². The van der Waals surface area contributed by atoms with E-state index in [2.05, 4.69) is 4.90 Å². The van der Waals surface area contributed by atoms with Gasteiger partial charge in [0.15, 0.2) is 0 Å². The van der Waals surface area contributed by atoms with Gasteiger partial charge in [-0.2, -0.15) is 13.2 Å². The second-order valence-electron chi connectivity index (χ2n) is 5.15. The number of hydrogen-bond donors (Lipinski definition) is 1. The van der Waals surface area contributed by atoms with Crippen molar-refractivity contribution in [1.82, 2.24) is 9.80 Å². The first-order valence-corrected chi connectivity index (χ1v) is 6.92. The molecular weight excluding hydrogens is 283 g/mol. The van der Waals surface area contributed by atoms with Gasteiger partial charge in [-0.05, 0) is 24.3 Å². The number of halogens is 3. The monoisotopic (exact) mass is 303 g/mol. The van der Waals surface area contributed by atoms with Crippen molar-refractivity contribution < 1.29 is 17.9 Å². The van der Waals surface area contributed by atoms with Gasteiger partial charge in [-0.3, -0.25) is 9.80 Å². The molecule has 0 saturated carbocycles. The minimum atomic E-state index is -4.11. The van der Waals surface area contributed by atoms with Crippen LogP contribution in [0.4, 0.5) is 18.9 Å². The van der Waals surface area contributed by atoms with Crippen LogP contribution in [0.3, 0.4) is 0 Å². The predicted octanol–water partition coefficient (Wildman–Crippen LogP) is 1.83. The normalized spacial score (nSPS) is 17.9. The van der Waals surface area contributed by atoms with Crippen LogP contribution in [0.1, 0.15) is 0 Å². The van der Waals surface area contributed by atoms with Crippen LogP contribution < -0.4 is 10.5 Å². The summed E-state index contributed by atoms with van der Waals surface area (Å²) >= 11 is 0. The number of anilines is 1. The van der Waals surface area contributed by atoms with Crippen molar-refractivity contribution in [1.29, 1.82) is 0 Å². The van der Waals surface area contributed by atoms with Crippen molar-refractivity contribution in [3.63, 3.8) is 0 Å². The summed E-state index contributed by atoms with van der Waals surface area (Å²) in [6.07, 6.45) is -4.11. The smallest absolute Gasteiger partial charge is 0.401 e. The largest absolute Gasteiger partial charge is 0.492 e. The van der Waals surface area contributed by atoms with Gasteiger partial charge in [0.25, 0.3) is 0 Å². The van der Waals surface area contributed by atoms with Gasteiger partial charge in [0.05, 0.1) is 6.54 Å².